The monoisotopic (exact) mass is 222 g/mol. The normalized spacial score (nSPS) is 14.2. The van der Waals surface area contributed by atoms with E-state index in [1.54, 1.807) is 0 Å². The molecule has 1 nitrogen and oxygen atoms in total. The highest BCUT2D eigenvalue weighted by atomic mass is 16.2. The van der Waals surface area contributed by atoms with Crippen molar-refractivity contribution in [2.45, 2.75) is 47.0 Å². The van der Waals surface area contributed by atoms with Gasteiger partial charge < -0.3 is 5.11 Å². The van der Waals surface area contributed by atoms with E-state index < -0.39 is 0 Å². The largest absolute Gasteiger partial charge is 0.392 e. The average molecular weight is 222 g/mol. The molecule has 0 fully saturated rings. The molecule has 0 rings (SSSR count). The van der Waals surface area contributed by atoms with E-state index in [0.29, 0.717) is 0 Å². The maximum absolute atomic E-state index is 8.70. The number of rotatable bonds is 7. The lowest BCUT2D eigenvalue weighted by molar-refractivity contribution is 0.342. The molecule has 92 valence electrons. The van der Waals surface area contributed by atoms with Gasteiger partial charge in [0.2, 0.25) is 0 Å². The van der Waals surface area contributed by atoms with Gasteiger partial charge in [0.05, 0.1) is 6.61 Å². The molecule has 0 spiro atoms. The van der Waals surface area contributed by atoms with Gasteiger partial charge in [-0.25, -0.2) is 0 Å². The van der Waals surface area contributed by atoms with E-state index in [2.05, 4.69) is 39.0 Å². The first kappa shape index (κ1) is 15.2. The van der Waals surface area contributed by atoms with Crippen molar-refractivity contribution >= 4 is 0 Å². The van der Waals surface area contributed by atoms with Gasteiger partial charge in [0.1, 0.15) is 0 Å². The van der Waals surface area contributed by atoms with Gasteiger partial charge in [-0.05, 0) is 46.0 Å². The quantitative estimate of drug-likeness (QED) is 0.504. The molecule has 0 saturated heterocycles. The Morgan fingerprint density at radius 1 is 1.19 bits per heavy atom. The summed E-state index contributed by atoms with van der Waals surface area (Å²) in [7, 11) is 0. The fraction of sp³-hybridized carbons (Fsp3) is 0.600. The Morgan fingerprint density at radius 3 is 2.44 bits per heavy atom. The molecular formula is C15H26O. The number of hydrogen-bond donors (Lipinski definition) is 1. The third-order valence-electron chi connectivity index (χ3n) is 2.54. The summed E-state index contributed by atoms with van der Waals surface area (Å²) in [6, 6.07) is 0. The molecule has 0 aliphatic carbocycles. The van der Waals surface area contributed by atoms with Crippen molar-refractivity contribution in [2.24, 2.45) is 5.92 Å². The summed E-state index contributed by atoms with van der Waals surface area (Å²) in [5.41, 5.74) is 2.54. The number of aliphatic hydroxyl groups is 1. The van der Waals surface area contributed by atoms with Crippen LogP contribution in [0.15, 0.2) is 35.5 Å². The van der Waals surface area contributed by atoms with Crippen LogP contribution in [0.3, 0.4) is 0 Å². The van der Waals surface area contributed by atoms with E-state index in [1.165, 1.54) is 18.4 Å². The maximum Gasteiger partial charge on any atom is 0.0617 e. The van der Waals surface area contributed by atoms with Gasteiger partial charge in [-0.1, -0.05) is 42.4 Å². The Hall–Kier alpha value is -0.820. The highest BCUT2D eigenvalue weighted by Gasteiger charge is 1.97. The molecule has 0 aromatic heterocycles. The number of allylic oxidation sites excluding steroid dienone is 5. The summed E-state index contributed by atoms with van der Waals surface area (Å²) in [6.45, 7) is 8.72. The second-order valence-corrected chi connectivity index (χ2v) is 4.73. The fourth-order valence-electron chi connectivity index (χ4n) is 1.47. The maximum atomic E-state index is 8.70. The van der Waals surface area contributed by atoms with Gasteiger partial charge in [-0.15, -0.1) is 0 Å². The molecule has 0 saturated carbocycles. The van der Waals surface area contributed by atoms with Gasteiger partial charge >= 0.3 is 0 Å². The smallest absolute Gasteiger partial charge is 0.0617 e. The number of hydrogen-bond acceptors (Lipinski definition) is 1. The van der Waals surface area contributed by atoms with Gasteiger partial charge in [0, 0.05) is 0 Å². The zero-order valence-electron chi connectivity index (χ0n) is 11.2. The van der Waals surface area contributed by atoms with Gasteiger partial charge in [0.15, 0.2) is 0 Å². The van der Waals surface area contributed by atoms with Crippen LogP contribution in [-0.4, -0.2) is 11.7 Å². The molecule has 0 unspecified atom stereocenters. The molecule has 0 aromatic carbocycles. The summed E-state index contributed by atoms with van der Waals surface area (Å²) < 4.78 is 0. The van der Waals surface area contributed by atoms with E-state index in [0.717, 1.165) is 17.9 Å². The molecule has 1 atom stereocenters. The van der Waals surface area contributed by atoms with Crippen LogP contribution in [0.1, 0.15) is 47.0 Å². The van der Waals surface area contributed by atoms with Crippen molar-refractivity contribution in [3.8, 4) is 0 Å². The SMILES string of the molecule is CC(C)=CCC[C@@H](C)C/C=C/C(C)=C/CO. The lowest BCUT2D eigenvalue weighted by atomic mass is 10.0. The zero-order valence-corrected chi connectivity index (χ0v) is 11.2. The summed E-state index contributed by atoms with van der Waals surface area (Å²) in [5, 5.41) is 8.70. The molecule has 0 aliphatic rings. The molecule has 1 N–H and O–H groups in total. The van der Waals surface area contributed by atoms with Crippen LogP contribution in [-0.2, 0) is 0 Å². The summed E-state index contributed by atoms with van der Waals surface area (Å²) >= 11 is 0. The minimum absolute atomic E-state index is 0.131. The van der Waals surface area contributed by atoms with Crippen molar-refractivity contribution < 1.29 is 5.11 Å². The van der Waals surface area contributed by atoms with Crippen LogP contribution in [0.4, 0.5) is 0 Å². The lowest BCUT2D eigenvalue weighted by Crippen LogP contribution is -1.91. The summed E-state index contributed by atoms with van der Waals surface area (Å²) in [5.74, 6) is 0.730. The molecule has 0 aromatic rings. The molecule has 0 amide bonds. The van der Waals surface area contributed by atoms with E-state index >= 15 is 0 Å². The van der Waals surface area contributed by atoms with E-state index in [9.17, 15) is 0 Å². The molecule has 1 heteroatoms. The minimum Gasteiger partial charge on any atom is -0.392 e. The minimum atomic E-state index is 0.131. The van der Waals surface area contributed by atoms with Crippen molar-refractivity contribution in [1.29, 1.82) is 0 Å². The van der Waals surface area contributed by atoms with Crippen molar-refractivity contribution in [2.75, 3.05) is 6.61 Å². The molecule has 16 heavy (non-hydrogen) atoms. The number of aliphatic hydroxyl groups excluding tert-OH is 1. The Balaban J connectivity index is 3.76. The van der Waals surface area contributed by atoms with Crippen molar-refractivity contribution in [3.05, 3.63) is 35.5 Å². The Morgan fingerprint density at radius 2 is 1.88 bits per heavy atom. The molecule has 0 aliphatic heterocycles. The van der Waals surface area contributed by atoms with Crippen molar-refractivity contribution in [1.82, 2.24) is 0 Å². The highest BCUT2D eigenvalue weighted by Crippen LogP contribution is 2.12. The summed E-state index contributed by atoms with van der Waals surface area (Å²) in [6.07, 6.45) is 12.0. The lowest BCUT2D eigenvalue weighted by Gasteiger charge is -2.06. The third-order valence-corrected chi connectivity index (χ3v) is 2.54. The van der Waals surface area contributed by atoms with E-state index in [1.807, 2.05) is 13.0 Å². The third kappa shape index (κ3) is 9.72. The zero-order chi connectivity index (χ0) is 12.4. The second-order valence-electron chi connectivity index (χ2n) is 4.73. The Kier molecular flexibility index (Phi) is 8.93. The van der Waals surface area contributed by atoms with Crippen molar-refractivity contribution in [3.63, 3.8) is 0 Å². The first-order valence-electron chi connectivity index (χ1n) is 6.13. The molecule has 0 heterocycles. The van der Waals surface area contributed by atoms with Gasteiger partial charge in [-0.3, -0.25) is 0 Å². The van der Waals surface area contributed by atoms with Crippen LogP contribution in [0.2, 0.25) is 0 Å². The van der Waals surface area contributed by atoms with Crippen LogP contribution >= 0.6 is 0 Å². The predicted molar refractivity (Wildman–Crippen MR) is 72.4 cm³/mol. The Bertz CT molecular complexity index is 255. The average Bonchev–Trinajstić information content (AvgIpc) is 2.17. The molecule has 0 bridgehead atoms. The first-order valence-corrected chi connectivity index (χ1v) is 6.13. The van der Waals surface area contributed by atoms with Crippen LogP contribution in [0.5, 0.6) is 0 Å². The standard InChI is InChI=1S/C15H26O/c1-13(2)7-5-8-14(3)9-6-10-15(4)11-12-16/h6-7,10-11,14,16H,5,8-9,12H2,1-4H3/b10-6+,15-11+/t14-/m1/s1. The van der Waals surface area contributed by atoms with Crippen LogP contribution in [0, 0.1) is 5.92 Å². The van der Waals surface area contributed by atoms with E-state index in [-0.39, 0.29) is 6.61 Å². The predicted octanol–water partition coefficient (Wildman–Crippen LogP) is 4.25. The topological polar surface area (TPSA) is 20.2 Å². The van der Waals surface area contributed by atoms with Gasteiger partial charge in [0.25, 0.3) is 0 Å². The highest BCUT2D eigenvalue weighted by molar-refractivity contribution is 5.15. The first-order chi connectivity index (χ1) is 7.56. The fourth-order valence-corrected chi connectivity index (χ4v) is 1.47. The van der Waals surface area contributed by atoms with Crippen LogP contribution < -0.4 is 0 Å². The molecular weight excluding hydrogens is 196 g/mol. The van der Waals surface area contributed by atoms with E-state index in [4.69, 9.17) is 5.11 Å². The Labute approximate surface area is 101 Å². The molecule has 0 radical (unpaired) electrons. The second kappa shape index (κ2) is 9.41. The van der Waals surface area contributed by atoms with Crippen LogP contribution in [0.25, 0.3) is 0 Å². The van der Waals surface area contributed by atoms with Gasteiger partial charge in [-0.2, -0.15) is 0 Å². The summed E-state index contributed by atoms with van der Waals surface area (Å²) in [4.78, 5) is 0.